The summed E-state index contributed by atoms with van der Waals surface area (Å²) < 4.78 is 5.66. The van der Waals surface area contributed by atoms with E-state index in [0.29, 0.717) is 12.1 Å². The molecule has 0 aliphatic carbocycles. The van der Waals surface area contributed by atoms with E-state index in [9.17, 15) is 0 Å². The molecule has 1 N–H and O–H groups in total. The normalized spacial score (nSPS) is 21.1. The van der Waals surface area contributed by atoms with Gasteiger partial charge in [0.25, 0.3) is 0 Å². The SMILES string of the molecule is CC(NCCSc1ccc(Cl)cc1)C1CCCO1. The third kappa shape index (κ3) is 4.47. The Labute approximate surface area is 118 Å². The molecule has 1 aliphatic rings. The Bertz CT molecular complexity index is 351. The molecule has 2 atom stereocenters. The lowest BCUT2D eigenvalue weighted by Gasteiger charge is -2.19. The quantitative estimate of drug-likeness (QED) is 0.637. The maximum absolute atomic E-state index is 5.85. The molecule has 1 aromatic rings. The second-order valence-corrected chi connectivity index (χ2v) is 6.20. The first kappa shape index (κ1) is 14.2. The maximum Gasteiger partial charge on any atom is 0.0726 e. The van der Waals surface area contributed by atoms with Crippen molar-refractivity contribution in [1.29, 1.82) is 0 Å². The number of hydrogen-bond acceptors (Lipinski definition) is 3. The number of ether oxygens (including phenoxy) is 1. The summed E-state index contributed by atoms with van der Waals surface area (Å²) in [7, 11) is 0. The number of rotatable bonds is 6. The van der Waals surface area contributed by atoms with Gasteiger partial charge in [0, 0.05) is 34.9 Å². The summed E-state index contributed by atoms with van der Waals surface area (Å²) in [5.41, 5.74) is 0. The lowest BCUT2D eigenvalue weighted by atomic mass is 10.1. The predicted octanol–water partition coefficient (Wildman–Crippen LogP) is 3.59. The zero-order chi connectivity index (χ0) is 12.8. The molecule has 1 heterocycles. The van der Waals surface area contributed by atoms with E-state index in [1.807, 2.05) is 23.9 Å². The van der Waals surface area contributed by atoms with Crippen LogP contribution in [0.15, 0.2) is 29.2 Å². The Kier molecular flexibility index (Phi) is 5.83. The van der Waals surface area contributed by atoms with Gasteiger partial charge in [-0.2, -0.15) is 0 Å². The largest absolute Gasteiger partial charge is 0.377 e. The van der Waals surface area contributed by atoms with Gasteiger partial charge in [0.2, 0.25) is 0 Å². The Morgan fingerprint density at radius 2 is 2.22 bits per heavy atom. The Morgan fingerprint density at radius 3 is 2.89 bits per heavy atom. The number of nitrogens with one attached hydrogen (secondary N) is 1. The molecule has 0 spiro atoms. The maximum atomic E-state index is 5.85. The number of hydrogen-bond donors (Lipinski definition) is 1. The highest BCUT2D eigenvalue weighted by molar-refractivity contribution is 7.99. The third-order valence-corrected chi connectivity index (χ3v) is 4.44. The van der Waals surface area contributed by atoms with Crippen LogP contribution in [0.3, 0.4) is 0 Å². The van der Waals surface area contributed by atoms with Gasteiger partial charge in [-0.1, -0.05) is 11.6 Å². The fraction of sp³-hybridized carbons (Fsp3) is 0.571. The lowest BCUT2D eigenvalue weighted by molar-refractivity contribution is 0.0844. The van der Waals surface area contributed by atoms with Crippen LogP contribution in [0, 0.1) is 0 Å². The Morgan fingerprint density at radius 1 is 1.44 bits per heavy atom. The van der Waals surface area contributed by atoms with E-state index in [2.05, 4.69) is 24.4 Å². The van der Waals surface area contributed by atoms with Crippen molar-refractivity contribution in [3.8, 4) is 0 Å². The minimum Gasteiger partial charge on any atom is -0.377 e. The number of halogens is 1. The molecule has 0 bridgehead atoms. The summed E-state index contributed by atoms with van der Waals surface area (Å²) in [6, 6.07) is 8.46. The smallest absolute Gasteiger partial charge is 0.0726 e. The van der Waals surface area contributed by atoms with Crippen LogP contribution < -0.4 is 5.32 Å². The standard InChI is InChI=1S/C14H20ClNOS/c1-11(14-3-2-9-17-14)16-8-10-18-13-6-4-12(15)5-7-13/h4-7,11,14,16H,2-3,8-10H2,1H3. The van der Waals surface area contributed by atoms with Gasteiger partial charge in [-0.15, -0.1) is 11.8 Å². The average Bonchev–Trinajstić information content (AvgIpc) is 2.90. The summed E-state index contributed by atoms with van der Waals surface area (Å²) in [6.07, 6.45) is 2.81. The van der Waals surface area contributed by atoms with Crippen LogP contribution in [0.4, 0.5) is 0 Å². The van der Waals surface area contributed by atoms with Crippen molar-refractivity contribution < 1.29 is 4.74 Å². The molecule has 0 amide bonds. The first-order chi connectivity index (χ1) is 8.75. The molecule has 2 unspecified atom stereocenters. The highest BCUT2D eigenvalue weighted by atomic mass is 35.5. The first-order valence-electron chi connectivity index (χ1n) is 6.49. The van der Waals surface area contributed by atoms with Gasteiger partial charge >= 0.3 is 0 Å². The fourth-order valence-corrected chi connectivity index (χ4v) is 3.02. The summed E-state index contributed by atoms with van der Waals surface area (Å²) in [6.45, 7) is 4.15. The molecular weight excluding hydrogens is 266 g/mol. The minimum absolute atomic E-state index is 0.408. The zero-order valence-electron chi connectivity index (χ0n) is 10.7. The second kappa shape index (κ2) is 7.39. The summed E-state index contributed by atoms with van der Waals surface area (Å²) >= 11 is 7.70. The molecule has 1 saturated heterocycles. The van der Waals surface area contributed by atoms with E-state index >= 15 is 0 Å². The molecule has 2 nitrogen and oxygen atoms in total. The van der Waals surface area contributed by atoms with Crippen molar-refractivity contribution in [3.63, 3.8) is 0 Å². The van der Waals surface area contributed by atoms with Gasteiger partial charge in [0.15, 0.2) is 0 Å². The van der Waals surface area contributed by atoms with Crippen molar-refractivity contribution in [2.45, 2.75) is 36.8 Å². The van der Waals surface area contributed by atoms with E-state index in [-0.39, 0.29) is 0 Å². The third-order valence-electron chi connectivity index (χ3n) is 3.17. The fourth-order valence-electron chi connectivity index (χ4n) is 2.11. The van der Waals surface area contributed by atoms with Crippen molar-refractivity contribution in [2.24, 2.45) is 0 Å². The predicted molar refractivity (Wildman–Crippen MR) is 78.6 cm³/mol. The molecule has 4 heteroatoms. The van der Waals surface area contributed by atoms with Crippen molar-refractivity contribution in [3.05, 3.63) is 29.3 Å². The van der Waals surface area contributed by atoms with Gasteiger partial charge in [0.05, 0.1) is 6.10 Å². The highest BCUT2D eigenvalue weighted by Crippen LogP contribution is 2.20. The minimum atomic E-state index is 0.408. The first-order valence-corrected chi connectivity index (χ1v) is 7.85. The molecule has 1 aromatic carbocycles. The summed E-state index contributed by atoms with van der Waals surface area (Å²) in [5.74, 6) is 1.07. The second-order valence-electron chi connectivity index (χ2n) is 4.60. The molecule has 2 rings (SSSR count). The van der Waals surface area contributed by atoms with E-state index in [1.165, 1.54) is 17.7 Å². The molecular formula is C14H20ClNOS. The number of thioether (sulfide) groups is 1. The number of benzene rings is 1. The Hall–Kier alpha value is -0.220. The average molecular weight is 286 g/mol. The van der Waals surface area contributed by atoms with Crippen LogP contribution in [-0.2, 0) is 4.74 Å². The van der Waals surface area contributed by atoms with Gasteiger partial charge in [-0.25, -0.2) is 0 Å². The monoisotopic (exact) mass is 285 g/mol. The molecule has 0 saturated carbocycles. The van der Waals surface area contributed by atoms with Crippen LogP contribution in [0.2, 0.25) is 5.02 Å². The topological polar surface area (TPSA) is 21.3 Å². The van der Waals surface area contributed by atoms with E-state index in [0.717, 1.165) is 23.9 Å². The van der Waals surface area contributed by atoms with Crippen molar-refractivity contribution >= 4 is 23.4 Å². The van der Waals surface area contributed by atoms with Crippen LogP contribution in [-0.4, -0.2) is 31.1 Å². The van der Waals surface area contributed by atoms with Crippen molar-refractivity contribution in [1.82, 2.24) is 5.32 Å². The highest BCUT2D eigenvalue weighted by Gasteiger charge is 2.21. The van der Waals surface area contributed by atoms with Crippen molar-refractivity contribution in [2.75, 3.05) is 18.9 Å². The van der Waals surface area contributed by atoms with Crippen LogP contribution in [0.5, 0.6) is 0 Å². The van der Waals surface area contributed by atoms with Gasteiger partial charge in [-0.3, -0.25) is 0 Å². The molecule has 1 aliphatic heterocycles. The van der Waals surface area contributed by atoms with Gasteiger partial charge in [-0.05, 0) is 44.0 Å². The summed E-state index contributed by atoms with van der Waals surface area (Å²) in [4.78, 5) is 1.27. The van der Waals surface area contributed by atoms with Crippen LogP contribution in [0.25, 0.3) is 0 Å². The molecule has 100 valence electrons. The van der Waals surface area contributed by atoms with E-state index in [1.54, 1.807) is 0 Å². The van der Waals surface area contributed by atoms with Gasteiger partial charge in [0.1, 0.15) is 0 Å². The zero-order valence-corrected chi connectivity index (χ0v) is 12.3. The lowest BCUT2D eigenvalue weighted by Crippen LogP contribution is -2.38. The van der Waals surface area contributed by atoms with E-state index in [4.69, 9.17) is 16.3 Å². The molecule has 0 aromatic heterocycles. The van der Waals surface area contributed by atoms with Crippen LogP contribution >= 0.6 is 23.4 Å². The van der Waals surface area contributed by atoms with E-state index < -0.39 is 0 Å². The molecule has 0 radical (unpaired) electrons. The van der Waals surface area contributed by atoms with Crippen LogP contribution in [0.1, 0.15) is 19.8 Å². The molecule has 1 fully saturated rings. The molecule has 18 heavy (non-hydrogen) atoms. The Balaban J connectivity index is 1.62. The van der Waals surface area contributed by atoms with Gasteiger partial charge < -0.3 is 10.1 Å². The summed E-state index contributed by atoms with van der Waals surface area (Å²) in [5, 5.41) is 4.33.